The highest BCUT2D eigenvalue weighted by Gasteiger charge is 2.07. The van der Waals surface area contributed by atoms with Gasteiger partial charge in [-0.1, -0.05) is 34.6 Å². The zero-order chi connectivity index (χ0) is 13.4. The topological polar surface area (TPSA) is 54.7 Å². The van der Waals surface area contributed by atoms with Crippen LogP contribution in [0.3, 0.4) is 0 Å². The molecule has 0 bridgehead atoms. The van der Waals surface area contributed by atoms with Crippen LogP contribution in [0, 0.1) is 6.92 Å². The molecule has 2 aromatic heterocycles. The molecule has 96 valence electrons. The summed E-state index contributed by atoms with van der Waals surface area (Å²) in [5.41, 5.74) is 9.31. The van der Waals surface area contributed by atoms with Gasteiger partial charge in [0.25, 0.3) is 0 Å². The molecule has 2 heterocycles. The number of nitrogens with zero attached hydrogens (tertiary/aromatic N) is 1. The molecule has 2 rings (SSSR count). The summed E-state index contributed by atoms with van der Waals surface area (Å²) in [7, 11) is 0. The van der Waals surface area contributed by atoms with Crippen LogP contribution in [0.1, 0.15) is 45.7 Å². The van der Waals surface area contributed by atoms with Gasteiger partial charge < -0.3 is 10.7 Å². The molecule has 0 atom stereocenters. The summed E-state index contributed by atoms with van der Waals surface area (Å²) in [4.78, 5) is 7.40. The molecule has 3 nitrogen and oxygen atoms in total. The van der Waals surface area contributed by atoms with E-state index in [-0.39, 0.29) is 0 Å². The molecule has 0 aliphatic carbocycles. The predicted octanol–water partition coefficient (Wildman–Crippen LogP) is 4.07. The molecule has 0 aromatic carbocycles. The second-order valence-electron chi connectivity index (χ2n) is 3.24. The number of rotatable bonds is 1. The lowest BCUT2D eigenvalue weighted by atomic mass is 10.1. The van der Waals surface area contributed by atoms with E-state index in [4.69, 9.17) is 5.73 Å². The van der Waals surface area contributed by atoms with Gasteiger partial charge in [-0.3, -0.25) is 0 Å². The normalized spacial score (nSPS) is 9.06. The molecule has 0 saturated carbocycles. The summed E-state index contributed by atoms with van der Waals surface area (Å²) < 4.78 is 0. The monoisotopic (exact) mass is 235 g/mol. The number of nitrogens with one attached hydrogen (secondary N) is 1. The number of aryl methyl sites for hydroxylation is 2. The van der Waals surface area contributed by atoms with Crippen LogP contribution in [-0.2, 0) is 6.42 Å². The fourth-order valence-electron chi connectivity index (χ4n) is 1.65. The number of aromatic amines is 1. The van der Waals surface area contributed by atoms with Gasteiger partial charge in [0, 0.05) is 17.8 Å². The Balaban J connectivity index is 0.000000581. The molecule has 3 N–H and O–H groups in total. The van der Waals surface area contributed by atoms with Crippen molar-refractivity contribution in [2.75, 3.05) is 5.73 Å². The molecule has 0 aliphatic rings. The quantitative estimate of drug-likeness (QED) is 0.783. The summed E-state index contributed by atoms with van der Waals surface area (Å²) in [6.07, 6.45) is 4.79. The van der Waals surface area contributed by atoms with Gasteiger partial charge in [-0.15, -0.1) is 0 Å². The zero-order valence-corrected chi connectivity index (χ0v) is 11.9. The van der Waals surface area contributed by atoms with E-state index in [1.807, 2.05) is 47.0 Å². The van der Waals surface area contributed by atoms with Crippen LogP contribution in [0.15, 0.2) is 12.4 Å². The second kappa shape index (κ2) is 7.71. The third kappa shape index (κ3) is 3.22. The number of aromatic nitrogens is 2. The Labute approximate surface area is 104 Å². The van der Waals surface area contributed by atoms with Crippen LogP contribution in [0.2, 0.25) is 0 Å². The van der Waals surface area contributed by atoms with Crippen molar-refractivity contribution < 1.29 is 0 Å². The molecule has 0 amide bonds. The first-order chi connectivity index (χ1) is 8.24. The fourth-order valence-corrected chi connectivity index (χ4v) is 1.65. The van der Waals surface area contributed by atoms with Crippen molar-refractivity contribution >= 4 is 16.7 Å². The van der Waals surface area contributed by atoms with E-state index in [1.54, 1.807) is 0 Å². The minimum atomic E-state index is 0.617. The van der Waals surface area contributed by atoms with Gasteiger partial charge in [0.05, 0.1) is 5.52 Å². The van der Waals surface area contributed by atoms with Gasteiger partial charge in [-0.25, -0.2) is 4.98 Å². The van der Waals surface area contributed by atoms with Gasteiger partial charge in [-0.2, -0.15) is 0 Å². The number of nitrogens with two attached hydrogens (primary N) is 1. The second-order valence-corrected chi connectivity index (χ2v) is 3.24. The van der Waals surface area contributed by atoms with Gasteiger partial charge >= 0.3 is 0 Å². The number of anilines is 1. The average Bonchev–Trinajstić information content (AvgIpc) is 2.78. The number of hydrogen-bond donors (Lipinski definition) is 2. The van der Waals surface area contributed by atoms with Crippen LogP contribution in [-0.4, -0.2) is 9.97 Å². The van der Waals surface area contributed by atoms with Crippen LogP contribution >= 0.6 is 0 Å². The summed E-state index contributed by atoms with van der Waals surface area (Å²) in [5, 5.41) is 1.07. The molecule has 0 aliphatic heterocycles. The SMILES string of the molecule is CC.CC.CCc1cnc(N)c2c(C)c[nH]c12. The maximum atomic E-state index is 5.79. The highest BCUT2D eigenvalue weighted by atomic mass is 14.8. The van der Waals surface area contributed by atoms with Crippen molar-refractivity contribution in [3.8, 4) is 0 Å². The zero-order valence-electron chi connectivity index (χ0n) is 11.9. The predicted molar refractivity (Wildman–Crippen MR) is 77.3 cm³/mol. The Bertz CT molecular complexity index is 444. The number of hydrogen-bond acceptors (Lipinski definition) is 2. The van der Waals surface area contributed by atoms with E-state index in [9.17, 15) is 0 Å². The summed E-state index contributed by atoms with van der Waals surface area (Å²) in [6, 6.07) is 0. The lowest BCUT2D eigenvalue weighted by Gasteiger charge is -2.01. The van der Waals surface area contributed by atoms with Crippen molar-refractivity contribution in [3.63, 3.8) is 0 Å². The molecular formula is C14H25N3. The Hall–Kier alpha value is -1.51. The fraction of sp³-hybridized carbons (Fsp3) is 0.500. The summed E-state index contributed by atoms with van der Waals surface area (Å²) >= 11 is 0. The molecule has 17 heavy (non-hydrogen) atoms. The molecule has 0 radical (unpaired) electrons. The Morgan fingerprint density at radius 3 is 2.35 bits per heavy atom. The van der Waals surface area contributed by atoms with Crippen molar-refractivity contribution in [1.82, 2.24) is 9.97 Å². The first-order valence-electron chi connectivity index (χ1n) is 6.45. The minimum absolute atomic E-state index is 0.617. The van der Waals surface area contributed by atoms with Crippen molar-refractivity contribution in [3.05, 3.63) is 23.5 Å². The summed E-state index contributed by atoms with van der Waals surface area (Å²) in [6.45, 7) is 12.2. The molecule has 0 fully saturated rings. The van der Waals surface area contributed by atoms with Gasteiger partial charge in [0.15, 0.2) is 0 Å². The first-order valence-corrected chi connectivity index (χ1v) is 6.45. The molecule has 2 aromatic rings. The number of H-pyrrole nitrogens is 1. The Kier molecular flexibility index (Phi) is 7.03. The van der Waals surface area contributed by atoms with Crippen molar-refractivity contribution in [1.29, 1.82) is 0 Å². The van der Waals surface area contributed by atoms with E-state index in [0.29, 0.717) is 5.82 Å². The van der Waals surface area contributed by atoms with E-state index in [1.165, 1.54) is 5.56 Å². The molecule has 0 saturated heterocycles. The van der Waals surface area contributed by atoms with Crippen molar-refractivity contribution in [2.45, 2.75) is 48.0 Å². The lowest BCUT2D eigenvalue weighted by molar-refractivity contribution is 1.12. The standard InChI is InChI=1S/C10H13N3.2C2H6/c1-3-7-5-13-10(11)8-6(2)4-12-9(7)8;2*1-2/h4-5,12H,3H2,1-2H3,(H2,11,13);2*1-2H3. The van der Waals surface area contributed by atoms with Crippen LogP contribution in [0.5, 0.6) is 0 Å². The Morgan fingerprint density at radius 1 is 1.24 bits per heavy atom. The third-order valence-electron chi connectivity index (χ3n) is 2.39. The van der Waals surface area contributed by atoms with E-state index < -0.39 is 0 Å². The van der Waals surface area contributed by atoms with Gasteiger partial charge in [0.2, 0.25) is 0 Å². The van der Waals surface area contributed by atoms with Gasteiger partial charge in [-0.05, 0) is 24.5 Å². The van der Waals surface area contributed by atoms with Crippen molar-refractivity contribution in [2.24, 2.45) is 0 Å². The molecule has 0 unspecified atom stereocenters. The van der Waals surface area contributed by atoms with Crippen LogP contribution < -0.4 is 5.73 Å². The third-order valence-corrected chi connectivity index (χ3v) is 2.39. The van der Waals surface area contributed by atoms with Crippen LogP contribution in [0.4, 0.5) is 5.82 Å². The molecule has 0 spiro atoms. The minimum Gasteiger partial charge on any atom is -0.383 e. The van der Waals surface area contributed by atoms with E-state index in [2.05, 4.69) is 16.9 Å². The molecule has 3 heteroatoms. The largest absolute Gasteiger partial charge is 0.383 e. The number of pyridine rings is 1. The maximum Gasteiger partial charge on any atom is 0.133 e. The lowest BCUT2D eigenvalue weighted by Crippen LogP contribution is -1.94. The first kappa shape index (κ1) is 15.5. The average molecular weight is 235 g/mol. The van der Waals surface area contributed by atoms with E-state index >= 15 is 0 Å². The highest BCUT2D eigenvalue weighted by Crippen LogP contribution is 2.25. The highest BCUT2D eigenvalue weighted by molar-refractivity contribution is 5.93. The maximum absolute atomic E-state index is 5.79. The number of nitrogen functional groups attached to an aromatic ring is 1. The van der Waals surface area contributed by atoms with Gasteiger partial charge in [0.1, 0.15) is 5.82 Å². The Morgan fingerprint density at radius 2 is 1.82 bits per heavy atom. The molecular weight excluding hydrogens is 210 g/mol. The summed E-state index contributed by atoms with van der Waals surface area (Å²) in [5.74, 6) is 0.617. The van der Waals surface area contributed by atoms with E-state index in [0.717, 1.165) is 22.9 Å². The smallest absolute Gasteiger partial charge is 0.133 e. The van der Waals surface area contributed by atoms with Crippen LogP contribution in [0.25, 0.3) is 10.9 Å². The number of fused-ring (bicyclic) bond motifs is 1.